The zero-order valence-electron chi connectivity index (χ0n) is 19.3. The van der Waals surface area contributed by atoms with E-state index in [4.69, 9.17) is 15.2 Å². The molecule has 0 bridgehead atoms. The molecule has 8 heteroatoms. The molecule has 33 heavy (non-hydrogen) atoms. The highest BCUT2D eigenvalue weighted by molar-refractivity contribution is 5.92. The minimum absolute atomic E-state index is 0.0868. The van der Waals surface area contributed by atoms with Crippen molar-refractivity contribution >= 4 is 17.8 Å². The molecule has 3 atom stereocenters. The Morgan fingerprint density at radius 3 is 1.94 bits per heavy atom. The van der Waals surface area contributed by atoms with Gasteiger partial charge >= 0.3 is 5.97 Å². The molecule has 8 nitrogen and oxygen atoms in total. The summed E-state index contributed by atoms with van der Waals surface area (Å²) in [5.41, 5.74) is 7.73. The maximum atomic E-state index is 13.1. The molecule has 2 aromatic carbocycles. The Kier molecular flexibility index (Phi) is 10.5. The standard InChI is InChI=1S/C25H33N3O5/c1-17(2)22(26)24(30)28-21(16-33-15-19-12-8-5-9-13-19)23(29)27-20(25(31)32-3)14-18-10-6-4-7-11-18/h4-13,17,20-22H,14-16,26H2,1-3H3,(H,27,29)(H,28,30)/t20-,21+,22-/m0/s1. The van der Waals surface area contributed by atoms with E-state index in [0.29, 0.717) is 0 Å². The number of carbonyl (C=O) groups excluding carboxylic acids is 3. The van der Waals surface area contributed by atoms with Crippen molar-refractivity contribution in [3.63, 3.8) is 0 Å². The number of nitrogens with one attached hydrogen (secondary N) is 2. The van der Waals surface area contributed by atoms with E-state index in [1.54, 1.807) is 0 Å². The normalized spacial score (nSPS) is 13.6. The van der Waals surface area contributed by atoms with E-state index in [-0.39, 0.29) is 25.6 Å². The first kappa shape index (κ1) is 26.0. The Labute approximate surface area is 194 Å². The van der Waals surface area contributed by atoms with Crippen LogP contribution in [0, 0.1) is 5.92 Å². The fraction of sp³-hybridized carbons (Fsp3) is 0.400. The molecule has 0 saturated carbocycles. The highest BCUT2D eigenvalue weighted by Gasteiger charge is 2.29. The van der Waals surface area contributed by atoms with Crippen LogP contribution >= 0.6 is 0 Å². The summed E-state index contributed by atoms with van der Waals surface area (Å²) < 4.78 is 10.6. The Morgan fingerprint density at radius 2 is 1.39 bits per heavy atom. The molecule has 2 amide bonds. The molecule has 0 aromatic heterocycles. The van der Waals surface area contributed by atoms with Gasteiger partial charge in [0.25, 0.3) is 0 Å². The van der Waals surface area contributed by atoms with Crippen molar-refractivity contribution in [2.75, 3.05) is 13.7 Å². The first-order chi connectivity index (χ1) is 15.8. The van der Waals surface area contributed by atoms with Gasteiger partial charge in [0, 0.05) is 6.42 Å². The van der Waals surface area contributed by atoms with Crippen LogP contribution in [0.3, 0.4) is 0 Å². The van der Waals surface area contributed by atoms with Gasteiger partial charge in [-0.3, -0.25) is 9.59 Å². The second-order valence-corrected chi connectivity index (χ2v) is 8.11. The average Bonchev–Trinajstić information content (AvgIpc) is 2.83. The Hall–Kier alpha value is -3.23. The molecule has 4 N–H and O–H groups in total. The summed E-state index contributed by atoms with van der Waals surface area (Å²) in [7, 11) is 1.26. The van der Waals surface area contributed by atoms with Crippen LogP contribution in [-0.4, -0.2) is 49.6 Å². The highest BCUT2D eigenvalue weighted by atomic mass is 16.5. The maximum absolute atomic E-state index is 13.1. The van der Waals surface area contributed by atoms with Crippen LogP contribution < -0.4 is 16.4 Å². The third kappa shape index (κ3) is 8.67. The summed E-state index contributed by atoms with van der Waals surface area (Å²) in [5, 5.41) is 5.35. The zero-order chi connectivity index (χ0) is 24.2. The molecular weight excluding hydrogens is 422 g/mol. The predicted octanol–water partition coefficient (Wildman–Crippen LogP) is 1.57. The molecule has 0 saturated heterocycles. The van der Waals surface area contributed by atoms with Gasteiger partial charge in [-0.05, 0) is 17.0 Å². The third-order valence-corrected chi connectivity index (χ3v) is 5.13. The number of rotatable bonds is 12. The fourth-order valence-electron chi connectivity index (χ4n) is 3.08. The maximum Gasteiger partial charge on any atom is 0.328 e. The molecule has 0 fully saturated rings. The number of benzene rings is 2. The number of nitrogens with two attached hydrogens (primary N) is 1. The first-order valence-electron chi connectivity index (χ1n) is 10.9. The van der Waals surface area contributed by atoms with E-state index in [1.807, 2.05) is 74.5 Å². The van der Waals surface area contributed by atoms with Crippen molar-refractivity contribution < 1.29 is 23.9 Å². The fourth-order valence-corrected chi connectivity index (χ4v) is 3.08. The minimum atomic E-state index is -1.03. The smallest absolute Gasteiger partial charge is 0.328 e. The quantitative estimate of drug-likeness (QED) is 0.418. The number of ether oxygens (including phenoxy) is 2. The first-order valence-corrected chi connectivity index (χ1v) is 10.9. The van der Waals surface area contributed by atoms with Crippen LogP contribution in [0.25, 0.3) is 0 Å². The van der Waals surface area contributed by atoms with E-state index < -0.39 is 35.9 Å². The molecule has 0 spiro atoms. The van der Waals surface area contributed by atoms with Gasteiger partial charge in [-0.1, -0.05) is 74.5 Å². The Morgan fingerprint density at radius 1 is 0.848 bits per heavy atom. The van der Waals surface area contributed by atoms with E-state index >= 15 is 0 Å². The van der Waals surface area contributed by atoms with Crippen LogP contribution in [0.5, 0.6) is 0 Å². The largest absolute Gasteiger partial charge is 0.467 e. The van der Waals surface area contributed by atoms with Gasteiger partial charge in [-0.25, -0.2) is 4.79 Å². The number of hydrogen-bond donors (Lipinski definition) is 3. The van der Waals surface area contributed by atoms with Crippen molar-refractivity contribution in [3.05, 3.63) is 71.8 Å². The molecule has 178 valence electrons. The molecule has 0 aliphatic carbocycles. The molecule has 0 radical (unpaired) electrons. The van der Waals surface area contributed by atoms with Gasteiger partial charge in [0.05, 0.1) is 26.4 Å². The third-order valence-electron chi connectivity index (χ3n) is 5.13. The van der Waals surface area contributed by atoms with Crippen molar-refractivity contribution in [2.45, 2.75) is 45.0 Å². The lowest BCUT2D eigenvalue weighted by Gasteiger charge is -2.24. The number of hydrogen-bond acceptors (Lipinski definition) is 6. The summed E-state index contributed by atoms with van der Waals surface area (Å²) in [6, 6.07) is 16.0. The topological polar surface area (TPSA) is 120 Å². The van der Waals surface area contributed by atoms with Crippen LogP contribution in [0.15, 0.2) is 60.7 Å². The molecular formula is C25H33N3O5. The van der Waals surface area contributed by atoms with Gasteiger partial charge in [0.1, 0.15) is 12.1 Å². The summed E-state index contributed by atoms with van der Waals surface area (Å²) in [6.07, 6.45) is 0.246. The lowest BCUT2D eigenvalue weighted by Crippen LogP contribution is -2.57. The summed E-state index contributed by atoms with van der Waals surface area (Å²) in [4.78, 5) is 37.9. The van der Waals surface area contributed by atoms with Gasteiger partial charge in [0.2, 0.25) is 11.8 Å². The Bertz CT molecular complexity index is 889. The molecule has 2 aromatic rings. The molecule has 2 rings (SSSR count). The average molecular weight is 456 g/mol. The van der Waals surface area contributed by atoms with Gasteiger partial charge in [0.15, 0.2) is 0 Å². The summed E-state index contributed by atoms with van der Waals surface area (Å²) in [5.74, 6) is -1.72. The van der Waals surface area contributed by atoms with E-state index in [9.17, 15) is 14.4 Å². The van der Waals surface area contributed by atoms with Crippen LogP contribution in [0.1, 0.15) is 25.0 Å². The molecule has 0 aliphatic rings. The Balaban J connectivity index is 2.11. The summed E-state index contributed by atoms with van der Waals surface area (Å²) >= 11 is 0. The number of carbonyl (C=O) groups is 3. The van der Waals surface area contributed by atoms with E-state index in [2.05, 4.69) is 10.6 Å². The van der Waals surface area contributed by atoms with Crippen LogP contribution in [0.2, 0.25) is 0 Å². The van der Waals surface area contributed by atoms with E-state index in [0.717, 1.165) is 11.1 Å². The monoisotopic (exact) mass is 455 g/mol. The molecule has 0 heterocycles. The molecule has 0 unspecified atom stereocenters. The lowest BCUT2D eigenvalue weighted by atomic mass is 10.0. The minimum Gasteiger partial charge on any atom is -0.467 e. The van der Waals surface area contributed by atoms with Crippen molar-refractivity contribution in [1.82, 2.24) is 10.6 Å². The predicted molar refractivity (Wildman–Crippen MR) is 125 cm³/mol. The van der Waals surface area contributed by atoms with Crippen LogP contribution in [-0.2, 0) is 36.9 Å². The van der Waals surface area contributed by atoms with Crippen molar-refractivity contribution in [1.29, 1.82) is 0 Å². The SMILES string of the molecule is COC(=O)[C@H](Cc1ccccc1)NC(=O)[C@@H](COCc1ccccc1)NC(=O)[C@@H](N)C(C)C. The molecule has 0 aliphatic heterocycles. The highest BCUT2D eigenvalue weighted by Crippen LogP contribution is 2.07. The second-order valence-electron chi connectivity index (χ2n) is 8.11. The zero-order valence-corrected chi connectivity index (χ0v) is 19.3. The second kappa shape index (κ2) is 13.3. The number of esters is 1. The van der Waals surface area contributed by atoms with Gasteiger partial charge in [-0.15, -0.1) is 0 Å². The van der Waals surface area contributed by atoms with Crippen LogP contribution in [0.4, 0.5) is 0 Å². The van der Waals surface area contributed by atoms with E-state index in [1.165, 1.54) is 7.11 Å². The van der Waals surface area contributed by atoms with Crippen molar-refractivity contribution in [2.24, 2.45) is 11.7 Å². The summed E-state index contributed by atoms with van der Waals surface area (Å²) in [6.45, 7) is 3.81. The van der Waals surface area contributed by atoms with Gasteiger partial charge < -0.3 is 25.8 Å². The number of amides is 2. The lowest BCUT2D eigenvalue weighted by molar-refractivity contribution is -0.145. The number of methoxy groups -OCH3 is 1. The van der Waals surface area contributed by atoms with Crippen molar-refractivity contribution in [3.8, 4) is 0 Å². The van der Waals surface area contributed by atoms with Gasteiger partial charge in [-0.2, -0.15) is 0 Å².